The van der Waals surface area contributed by atoms with Gasteiger partial charge in [0.1, 0.15) is 0 Å². The molecule has 3 nitrogen and oxygen atoms in total. The lowest BCUT2D eigenvalue weighted by molar-refractivity contribution is -0.122. The lowest BCUT2D eigenvalue weighted by Gasteiger charge is -2.13. The van der Waals surface area contributed by atoms with Crippen molar-refractivity contribution < 1.29 is 4.79 Å². The van der Waals surface area contributed by atoms with Crippen LogP contribution in [0, 0.1) is 5.92 Å². The molecule has 0 saturated heterocycles. The summed E-state index contributed by atoms with van der Waals surface area (Å²) in [7, 11) is 0. The van der Waals surface area contributed by atoms with E-state index >= 15 is 0 Å². The van der Waals surface area contributed by atoms with Crippen molar-refractivity contribution in [2.75, 3.05) is 13.1 Å². The van der Waals surface area contributed by atoms with Crippen LogP contribution in [0.4, 0.5) is 0 Å². The smallest absolute Gasteiger partial charge is 0.236 e. The van der Waals surface area contributed by atoms with Gasteiger partial charge in [0.25, 0.3) is 0 Å². The zero-order valence-corrected chi connectivity index (χ0v) is 9.47. The fourth-order valence-corrected chi connectivity index (χ4v) is 0.990. The summed E-state index contributed by atoms with van der Waals surface area (Å²) < 4.78 is 0. The quantitative estimate of drug-likeness (QED) is 0.606. The average Bonchev–Trinajstić information content (AvgIpc) is 2.13. The molecule has 82 valence electrons. The van der Waals surface area contributed by atoms with E-state index in [1.807, 2.05) is 6.92 Å². The summed E-state index contributed by atoms with van der Waals surface area (Å²) in [4.78, 5) is 11.4. The summed E-state index contributed by atoms with van der Waals surface area (Å²) in [6.07, 6.45) is 2.78. The molecule has 0 aliphatic rings. The van der Waals surface area contributed by atoms with Gasteiger partial charge < -0.3 is 10.6 Å². The fourth-order valence-electron chi connectivity index (χ4n) is 0.990. The first-order valence-electron chi connectivity index (χ1n) is 5.20. The van der Waals surface area contributed by atoms with Crippen LogP contribution in [0.1, 0.15) is 27.2 Å². The topological polar surface area (TPSA) is 41.1 Å². The molecule has 1 unspecified atom stereocenters. The molecular weight excluding hydrogens is 176 g/mol. The summed E-state index contributed by atoms with van der Waals surface area (Å²) in [5.41, 5.74) is 0. The van der Waals surface area contributed by atoms with E-state index in [4.69, 9.17) is 0 Å². The number of carbonyl (C=O) groups is 1. The Morgan fingerprint density at radius 1 is 1.43 bits per heavy atom. The maximum absolute atomic E-state index is 11.4. The molecule has 0 aromatic heterocycles. The van der Waals surface area contributed by atoms with Crippen LogP contribution in [0.2, 0.25) is 0 Å². The molecule has 1 atom stereocenters. The second-order valence-corrected chi connectivity index (χ2v) is 3.89. The van der Waals surface area contributed by atoms with Crippen LogP contribution in [0.15, 0.2) is 12.7 Å². The minimum atomic E-state index is -0.139. The van der Waals surface area contributed by atoms with Crippen molar-refractivity contribution in [1.82, 2.24) is 10.6 Å². The molecule has 0 rings (SSSR count). The zero-order chi connectivity index (χ0) is 11.0. The third kappa shape index (κ3) is 6.66. The second-order valence-electron chi connectivity index (χ2n) is 3.89. The van der Waals surface area contributed by atoms with Crippen LogP contribution < -0.4 is 10.6 Å². The van der Waals surface area contributed by atoms with Crippen LogP contribution in [-0.4, -0.2) is 25.0 Å². The normalized spacial score (nSPS) is 12.6. The van der Waals surface area contributed by atoms with Gasteiger partial charge in [-0.25, -0.2) is 0 Å². The molecule has 0 heterocycles. The Kier molecular flexibility index (Phi) is 7.11. The van der Waals surface area contributed by atoms with Crippen LogP contribution in [0.25, 0.3) is 0 Å². The molecule has 0 fully saturated rings. The Morgan fingerprint density at radius 2 is 2.07 bits per heavy atom. The van der Waals surface area contributed by atoms with Crippen molar-refractivity contribution in [1.29, 1.82) is 0 Å². The van der Waals surface area contributed by atoms with Gasteiger partial charge in [0, 0.05) is 13.1 Å². The third-order valence-corrected chi connectivity index (χ3v) is 1.98. The highest BCUT2D eigenvalue weighted by Crippen LogP contribution is 1.96. The van der Waals surface area contributed by atoms with Crippen molar-refractivity contribution in [3.8, 4) is 0 Å². The third-order valence-electron chi connectivity index (χ3n) is 1.98. The first-order chi connectivity index (χ1) is 6.57. The van der Waals surface area contributed by atoms with Crippen molar-refractivity contribution in [3.63, 3.8) is 0 Å². The predicted octanol–water partition coefficient (Wildman–Crippen LogP) is 1.31. The lowest BCUT2D eigenvalue weighted by Crippen LogP contribution is -2.42. The Bertz CT molecular complexity index is 178. The van der Waals surface area contributed by atoms with Crippen molar-refractivity contribution >= 4 is 5.91 Å². The first-order valence-corrected chi connectivity index (χ1v) is 5.20. The predicted molar refractivity (Wildman–Crippen MR) is 60.1 cm³/mol. The highest BCUT2D eigenvalue weighted by molar-refractivity contribution is 5.81. The highest BCUT2D eigenvalue weighted by atomic mass is 16.2. The minimum Gasteiger partial charge on any atom is -0.355 e. The average molecular weight is 198 g/mol. The van der Waals surface area contributed by atoms with Crippen LogP contribution >= 0.6 is 0 Å². The van der Waals surface area contributed by atoms with E-state index in [1.54, 1.807) is 6.08 Å². The van der Waals surface area contributed by atoms with Crippen LogP contribution in [-0.2, 0) is 4.79 Å². The van der Waals surface area contributed by atoms with Gasteiger partial charge in [0.05, 0.1) is 6.04 Å². The van der Waals surface area contributed by atoms with Crippen molar-refractivity contribution in [2.24, 2.45) is 5.92 Å². The standard InChI is InChI=1S/C11H22N2O/c1-5-7-12-10(4)11(14)13-8-6-9(2)3/h5,9-10,12H,1,6-8H2,2-4H3,(H,13,14). The molecule has 2 N–H and O–H groups in total. The molecule has 0 aliphatic carbocycles. The Morgan fingerprint density at radius 3 is 2.57 bits per heavy atom. The second kappa shape index (κ2) is 7.56. The molecule has 0 spiro atoms. The fraction of sp³-hybridized carbons (Fsp3) is 0.727. The van der Waals surface area contributed by atoms with E-state index < -0.39 is 0 Å². The summed E-state index contributed by atoms with van der Waals surface area (Å²) in [5.74, 6) is 0.694. The number of hydrogen-bond donors (Lipinski definition) is 2. The van der Waals surface area contributed by atoms with Gasteiger partial charge >= 0.3 is 0 Å². The molecule has 14 heavy (non-hydrogen) atoms. The SMILES string of the molecule is C=CCNC(C)C(=O)NCCC(C)C. The monoisotopic (exact) mass is 198 g/mol. The molecule has 0 aliphatic heterocycles. The lowest BCUT2D eigenvalue weighted by atomic mass is 10.1. The van der Waals surface area contributed by atoms with E-state index in [0.29, 0.717) is 12.5 Å². The van der Waals surface area contributed by atoms with E-state index in [0.717, 1.165) is 13.0 Å². The van der Waals surface area contributed by atoms with Crippen molar-refractivity contribution in [2.45, 2.75) is 33.2 Å². The molecule has 0 bridgehead atoms. The number of nitrogens with one attached hydrogen (secondary N) is 2. The van der Waals surface area contributed by atoms with E-state index in [-0.39, 0.29) is 11.9 Å². The molecule has 0 aromatic carbocycles. The van der Waals surface area contributed by atoms with Gasteiger partial charge in [0.2, 0.25) is 5.91 Å². The Hall–Kier alpha value is -0.830. The van der Waals surface area contributed by atoms with Crippen molar-refractivity contribution in [3.05, 3.63) is 12.7 Å². The molecule has 0 aromatic rings. The number of rotatable bonds is 7. The van der Waals surface area contributed by atoms with Gasteiger partial charge in [0.15, 0.2) is 0 Å². The molecule has 1 amide bonds. The molecular formula is C11H22N2O. The zero-order valence-electron chi connectivity index (χ0n) is 9.47. The molecule has 0 radical (unpaired) electrons. The van der Waals surface area contributed by atoms with Gasteiger partial charge in [-0.3, -0.25) is 4.79 Å². The maximum Gasteiger partial charge on any atom is 0.236 e. The summed E-state index contributed by atoms with van der Waals surface area (Å²) in [6, 6.07) is -0.139. The van der Waals surface area contributed by atoms with Gasteiger partial charge in [-0.1, -0.05) is 19.9 Å². The van der Waals surface area contributed by atoms with E-state index in [2.05, 4.69) is 31.1 Å². The summed E-state index contributed by atoms with van der Waals surface area (Å²) >= 11 is 0. The Balaban J connectivity index is 3.56. The number of hydrogen-bond acceptors (Lipinski definition) is 2. The minimum absolute atomic E-state index is 0.0625. The number of carbonyl (C=O) groups excluding carboxylic acids is 1. The van der Waals surface area contributed by atoms with E-state index in [1.165, 1.54) is 0 Å². The van der Waals surface area contributed by atoms with Gasteiger partial charge in [-0.2, -0.15) is 0 Å². The maximum atomic E-state index is 11.4. The first kappa shape index (κ1) is 13.2. The Labute approximate surface area is 87.0 Å². The summed E-state index contributed by atoms with van der Waals surface area (Å²) in [5, 5.41) is 5.93. The van der Waals surface area contributed by atoms with E-state index in [9.17, 15) is 4.79 Å². The number of amides is 1. The van der Waals surface area contributed by atoms with Gasteiger partial charge in [-0.05, 0) is 19.3 Å². The van der Waals surface area contributed by atoms with Crippen LogP contribution in [0.5, 0.6) is 0 Å². The molecule has 0 saturated carbocycles. The van der Waals surface area contributed by atoms with Gasteiger partial charge in [-0.15, -0.1) is 6.58 Å². The van der Waals surface area contributed by atoms with Crippen LogP contribution in [0.3, 0.4) is 0 Å². The summed E-state index contributed by atoms with van der Waals surface area (Å²) in [6.45, 7) is 11.2. The largest absolute Gasteiger partial charge is 0.355 e. The highest BCUT2D eigenvalue weighted by Gasteiger charge is 2.09. The molecule has 3 heteroatoms.